The van der Waals surface area contributed by atoms with Gasteiger partial charge in [0.2, 0.25) is 5.91 Å². The van der Waals surface area contributed by atoms with E-state index < -0.39 is 37.0 Å². The molecule has 0 spiro atoms. The Kier molecular flexibility index (Phi) is 5.02. The largest absolute Gasteiger partial charge is 0.416 e. The number of amides is 1. The Morgan fingerprint density at radius 1 is 1.25 bits per heavy atom. The van der Waals surface area contributed by atoms with Crippen molar-refractivity contribution in [3.8, 4) is 0 Å². The molecule has 0 fully saturated rings. The number of carbonyl (C=O) groups excluding carboxylic acids is 1. The number of fused-ring (bicyclic) bond motifs is 1. The first-order valence-electron chi connectivity index (χ1n) is 7.33. The van der Waals surface area contributed by atoms with Crippen molar-refractivity contribution in [3.63, 3.8) is 0 Å². The lowest BCUT2D eigenvalue weighted by Crippen LogP contribution is -2.43. The van der Waals surface area contributed by atoms with E-state index in [1.165, 1.54) is 9.13 Å². The molecule has 24 heavy (non-hydrogen) atoms. The first kappa shape index (κ1) is 18.1. The number of rotatable bonds is 5. The maximum absolute atomic E-state index is 12.4. The molecule has 0 bridgehead atoms. The van der Waals surface area contributed by atoms with Crippen molar-refractivity contribution < 1.29 is 23.1 Å². The molecule has 6 nitrogen and oxygen atoms in total. The third-order valence-corrected chi connectivity index (χ3v) is 3.79. The Bertz CT molecular complexity index is 795. The first-order chi connectivity index (χ1) is 11.2. The van der Waals surface area contributed by atoms with Gasteiger partial charge in [0.1, 0.15) is 6.54 Å². The van der Waals surface area contributed by atoms with Crippen LogP contribution in [0.1, 0.15) is 6.92 Å². The number of hydrogen-bond donors (Lipinski definition) is 1. The number of benzene rings is 1. The minimum absolute atomic E-state index is 0.395. The molecule has 1 unspecified atom stereocenters. The Morgan fingerprint density at radius 3 is 2.29 bits per heavy atom. The zero-order chi connectivity index (χ0) is 18.1. The number of nitrogens with zero attached hydrogens (tertiary/aromatic N) is 3. The van der Waals surface area contributed by atoms with Crippen LogP contribution in [0.5, 0.6) is 0 Å². The summed E-state index contributed by atoms with van der Waals surface area (Å²) in [6, 6.07) is 6.87. The van der Waals surface area contributed by atoms with Gasteiger partial charge in [0.25, 0.3) is 0 Å². The molecule has 1 aromatic carbocycles. The fraction of sp³-hybridized carbons (Fsp3) is 0.467. The van der Waals surface area contributed by atoms with Crippen LogP contribution in [-0.4, -0.2) is 50.9 Å². The smallest absolute Gasteiger partial charge is 0.382 e. The third-order valence-electron chi connectivity index (χ3n) is 3.79. The first-order valence-corrected chi connectivity index (χ1v) is 7.33. The van der Waals surface area contributed by atoms with Gasteiger partial charge in [0.15, 0.2) is 6.10 Å². The van der Waals surface area contributed by atoms with Crippen molar-refractivity contribution in [3.05, 3.63) is 34.7 Å². The van der Waals surface area contributed by atoms with E-state index >= 15 is 0 Å². The fourth-order valence-electron chi connectivity index (χ4n) is 2.45. The summed E-state index contributed by atoms with van der Waals surface area (Å²) in [5, 5.41) is 9.05. The van der Waals surface area contributed by atoms with E-state index in [0.29, 0.717) is 17.6 Å². The highest BCUT2D eigenvalue weighted by Gasteiger charge is 2.39. The molecule has 132 valence electrons. The zero-order valence-electron chi connectivity index (χ0n) is 13.2. The van der Waals surface area contributed by atoms with Crippen molar-refractivity contribution in [1.82, 2.24) is 14.0 Å². The molecule has 0 aliphatic heterocycles. The minimum atomic E-state index is -4.80. The molecule has 1 heterocycles. The van der Waals surface area contributed by atoms with Crippen molar-refractivity contribution in [1.29, 1.82) is 0 Å². The number of aliphatic hydroxyl groups is 1. The predicted octanol–water partition coefficient (Wildman–Crippen LogP) is 1.20. The van der Waals surface area contributed by atoms with Gasteiger partial charge in [-0.1, -0.05) is 12.1 Å². The van der Waals surface area contributed by atoms with Crippen LogP contribution >= 0.6 is 0 Å². The molecule has 2 rings (SSSR count). The lowest BCUT2D eigenvalue weighted by Gasteiger charge is -2.22. The van der Waals surface area contributed by atoms with Crippen LogP contribution in [0, 0.1) is 0 Å². The van der Waals surface area contributed by atoms with E-state index in [1.54, 1.807) is 31.2 Å². The number of aliphatic hydroxyl groups excluding tert-OH is 1. The molecule has 9 heteroatoms. The summed E-state index contributed by atoms with van der Waals surface area (Å²) in [5.74, 6) is -0.695. The Labute approximate surface area is 135 Å². The summed E-state index contributed by atoms with van der Waals surface area (Å²) in [7, 11) is 1.15. The van der Waals surface area contributed by atoms with E-state index in [-0.39, 0.29) is 0 Å². The number of para-hydroxylation sites is 2. The van der Waals surface area contributed by atoms with Gasteiger partial charge < -0.3 is 10.0 Å². The van der Waals surface area contributed by atoms with Gasteiger partial charge in [-0.25, -0.2) is 4.79 Å². The number of imidazole rings is 1. The monoisotopic (exact) mass is 345 g/mol. The molecular weight excluding hydrogens is 327 g/mol. The summed E-state index contributed by atoms with van der Waals surface area (Å²) < 4.78 is 39.8. The minimum Gasteiger partial charge on any atom is -0.382 e. The number of aryl methyl sites for hydroxylation is 1. The van der Waals surface area contributed by atoms with Crippen LogP contribution in [0.2, 0.25) is 0 Å². The van der Waals surface area contributed by atoms with Crippen LogP contribution in [0.3, 0.4) is 0 Å². The average Bonchev–Trinajstić information content (AvgIpc) is 2.78. The summed E-state index contributed by atoms with van der Waals surface area (Å²) in [6.07, 6.45) is -7.43. The highest BCUT2D eigenvalue weighted by atomic mass is 19.4. The lowest BCUT2D eigenvalue weighted by atomic mass is 10.3. The normalized spacial score (nSPS) is 13.2. The molecule has 1 atom stereocenters. The van der Waals surface area contributed by atoms with E-state index in [9.17, 15) is 22.8 Å². The second kappa shape index (κ2) is 6.68. The number of halogens is 3. The van der Waals surface area contributed by atoms with E-state index in [1.807, 2.05) is 0 Å². The van der Waals surface area contributed by atoms with Crippen molar-refractivity contribution in [2.24, 2.45) is 0 Å². The summed E-state index contributed by atoms with van der Waals surface area (Å²) in [4.78, 5) is 25.3. The van der Waals surface area contributed by atoms with Crippen molar-refractivity contribution in [2.75, 3.05) is 13.6 Å². The van der Waals surface area contributed by atoms with Crippen LogP contribution in [-0.2, 0) is 17.9 Å². The quantitative estimate of drug-likeness (QED) is 0.886. The van der Waals surface area contributed by atoms with Crippen LogP contribution in [0.4, 0.5) is 13.2 Å². The molecule has 1 aromatic heterocycles. The SMILES string of the molecule is CCn1c(=O)n(CC(=O)N(C)CC(O)C(F)(F)F)c2ccccc21. The van der Waals surface area contributed by atoms with Gasteiger partial charge >= 0.3 is 11.9 Å². The van der Waals surface area contributed by atoms with E-state index in [2.05, 4.69) is 0 Å². The van der Waals surface area contributed by atoms with Crippen LogP contribution in [0.25, 0.3) is 11.0 Å². The standard InChI is InChI=1S/C15H18F3N3O3/c1-3-20-10-6-4-5-7-11(10)21(14(20)24)9-13(23)19(2)8-12(22)15(16,17)18/h4-7,12,22H,3,8-9H2,1-2H3. The summed E-state index contributed by atoms with van der Waals surface area (Å²) in [6.45, 7) is 0.909. The number of hydrogen-bond acceptors (Lipinski definition) is 3. The average molecular weight is 345 g/mol. The lowest BCUT2D eigenvalue weighted by molar-refractivity contribution is -0.207. The van der Waals surface area contributed by atoms with E-state index in [4.69, 9.17) is 5.11 Å². The Morgan fingerprint density at radius 2 is 1.79 bits per heavy atom. The Balaban J connectivity index is 2.25. The van der Waals surface area contributed by atoms with Crippen molar-refractivity contribution >= 4 is 16.9 Å². The summed E-state index contributed by atoms with van der Waals surface area (Å²) in [5.41, 5.74) is 0.773. The number of alkyl halides is 3. The fourth-order valence-corrected chi connectivity index (χ4v) is 2.45. The van der Waals surface area contributed by atoms with Gasteiger partial charge in [0.05, 0.1) is 17.6 Å². The molecular formula is C15H18F3N3O3. The van der Waals surface area contributed by atoms with E-state index in [0.717, 1.165) is 11.9 Å². The van der Waals surface area contributed by atoms with Crippen molar-refractivity contribution in [2.45, 2.75) is 32.3 Å². The predicted molar refractivity (Wildman–Crippen MR) is 81.6 cm³/mol. The molecule has 0 aliphatic rings. The molecule has 0 radical (unpaired) electrons. The highest BCUT2D eigenvalue weighted by Crippen LogP contribution is 2.20. The molecule has 0 saturated heterocycles. The number of likely N-dealkylation sites (N-methyl/N-ethyl adjacent to an activating group) is 1. The number of aromatic nitrogens is 2. The maximum atomic E-state index is 12.4. The number of carbonyl (C=O) groups is 1. The molecule has 1 N–H and O–H groups in total. The second-order valence-electron chi connectivity index (χ2n) is 5.43. The highest BCUT2D eigenvalue weighted by molar-refractivity contribution is 5.80. The zero-order valence-corrected chi connectivity index (χ0v) is 13.2. The van der Waals surface area contributed by atoms with Crippen LogP contribution < -0.4 is 5.69 Å². The molecule has 0 aliphatic carbocycles. The van der Waals surface area contributed by atoms with Gasteiger partial charge in [-0.05, 0) is 19.1 Å². The second-order valence-corrected chi connectivity index (χ2v) is 5.43. The molecule has 0 saturated carbocycles. The topological polar surface area (TPSA) is 67.5 Å². The summed E-state index contributed by atoms with van der Waals surface area (Å²) >= 11 is 0. The van der Waals surface area contributed by atoms with Gasteiger partial charge in [-0.2, -0.15) is 13.2 Å². The third kappa shape index (κ3) is 3.45. The van der Waals surface area contributed by atoms with Gasteiger partial charge in [-0.15, -0.1) is 0 Å². The van der Waals surface area contributed by atoms with Crippen LogP contribution in [0.15, 0.2) is 29.1 Å². The van der Waals surface area contributed by atoms with Gasteiger partial charge in [-0.3, -0.25) is 13.9 Å². The maximum Gasteiger partial charge on any atom is 0.416 e. The molecule has 2 aromatic rings. The molecule has 1 amide bonds. The van der Waals surface area contributed by atoms with Gasteiger partial charge in [0, 0.05) is 13.6 Å². The Hall–Kier alpha value is -2.29.